The number of anilines is 1. The van der Waals surface area contributed by atoms with E-state index < -0.39 is 12.1 Å². The second-order valence-corrected chi connectivity index (χ2v) is 7.60. The Bertz CT molecular complexity index is 1160. The number of alkyl halides is 3. The van der Waals surface area contributed by atoms with E-state index in [4.69, 9.17) is 15.6 Å². The van der Waals surface area contributed by atoms with Gasteiger partial charge in [0.2, 0.25) is 0 Å². The van der Waals surface area contributed by atoms with Crippen molar-refractivity contribution in [1.82, 2.24) is 24.7 Å². The quantitative estimate of drug-likeness (QED) is 0.530. The molecule has 4 heterocycles. The summed E-state index contributed by atoms with van der Waals surface area (Å²) in [6, 6.07) is 6.00. The van der Waals surface area contributed by atoms with Crippen LogP contribution in [0.1, 0.15) is 28.0 Å². The molecule has 1 saturated heterocycles. The molecular formula is C20H24F3N7O3. The maximum atomic E-state index is 12.8. The highest BCUT2D eigenvalue weighted by Gasteiger charge is 2.38. The number of amides is 1. The van der Waals surface area contributed by atoms with Gasteiger partial charge in [0.15, 0.2) is 0 Å². The summed E-state index contributed by atoms with van der Waals surface area (Å²) in [4.78, 5) is 23.9. The first kappa shape index (κ1) is 24.0. The van der Waals surface area contributed by atoms with Crippen LogP contribution in [0.4, 0.5) is 19.0 Å². The van der Waals surface area contributed by atoms with Gasteiger partial charge in [0.25, 0.3) is 5.91 Å². The first-order valence-corrected chi connectivity index (χ1v) is 10.0. The summed E-state index contributed by atoms with van der Waals surface area (Å²) in [7, 11) is 1.95. The maximum Gasteiger partial charge on any atom is 0.490 e. The van der Waals surface area contributed by atoms with Crippen LogP contribution in [0.2, 0.25) is 0 Å². The molecular weight excluding hydrogens is 443 g/mol. The third-order valence-electron chi connectivity index (χ3n) is 5.13. The number of aliphatic carboxylic acids is 1. The van der Waals surface area contributed by atoms with Gasteiger partial charge < -0.3 is 21.1 Å². The highest BCUT2D eigenvalue weighted by atomic mass is 19.4. The van der Waals surface area contributed by atoms with E-state index in [1.165, 1.54) is 0 Å². The predicted molar refractivity (Wildman–Crippen MR) is 113 cm³/mol. The molecule has 0 aliphatic carbocycles. The Morgan fingerprint density at radius 1 is 1.33 bits per heavy atom. The van der Waals surface area contributed by atoms with Crippen LogP contribution in [0, 0.1) is 6.92 Å². The van der Waals surface area contributed by atoms with Crippen LogP contribution in [0.15, 0.2) is 30.6 Å². The molecule has 1 aliphatic rings. The molecule has 0 spiro atoms. The van der Waals surface area contributed by atoms with Gasteiger partial charge in [-0.3, -0.25) is 9.48 Å². The Labute approximate surface area is 186 Å². The number of carboxylic acid groups (broad SMARTS) is 1. The number of carbonyl (C=O) groups is 2. The molecule has 0 aromatic carbocycles. The normalized spacial score (nSPS) is 15.9. The number of halogens is 3. The fraction of sp³-hybridized carbons (Fsp3) is 0.400. The van der Waals surface area contributed by atoms with Gasteiger partial charge in [0.05, 0.1) is 23.0 Å². The number of carbonyl (C=O) groups excluding carboxylic acids is 1. The van der Waals surface area contributed by atoms with Crippen LogP contribution in [0.3, 0.4) is 0 Å². The molecule has 1 fully saturated rings. The minimum Gasteiger partial charge on any atom is -0.475 e. The van der Waals surface area contributed by atoms with Crippen molar-refractivity contribution in [1.29, 1.82) is 0 Å². The van der Waals surface area contributed by atoms with Gasteiger partial charge in [-0.15, -0.1) is 0 Å². The van der Waals surface area contributed by atoms with E-state index in [0.29, 0.717) is 12.1 Å². The summed E-state index contributed by atoms with van der Waals surface area (Å²) < 4.78 is 35.3. The lowest BCUT2D eigenvalue weighted by Crippen LogP contribution is -2.37. The van der Waals surface area contributed by atoms with Crippen LogP contribution >= 0.6 is 0 Å². The van der Waals surface area contributed by atoms with Gasteiger partial charge in [0.1, 0.15) is 5.82 Å². The summed E-state index contributed by atoms with van der Waals surface area (Å²) >= 11 is 0. The molecule has 1 atom stereocenters. The third kappa shape index (κ3) is 5.61. The highest BCUT2D eigenvalue weighted by Crippen LogP contribution is 2.21. The molecule has 0 radical (unpaired) electrons. The van der Waals surface area contributed by atoms with Gasteiger partial charge in [-0.1, -0.05) is 0 Å². The number of fused-ring (bicyclic) bond motifs is 1. The van der Waals surface area contributed by atoms with Crippen molar-refractivity contribution in [2.24, 2.45) is 12.8 Å². The number of nitrogens with one attached hydrogen (secondary N) is 1. The van der Waals surface area contributed by atoms with Gasteiger partial charge >= 0.3 is 12.1 Å². The van der Waals surface area contributed by atoms with Gasteiger partial charge in [-0.05, 0) is 31.0 Å². The van der Waals surface area contributed by atoms with Crippen molar-refractivity contribution >= 4 is 23.2 Å². The van der Waals surface area contributed by atoms with Crippen molar-refractivity contribution in [3.63, 3.8) is 0 Å². The summed E-state index contributed by atoms with van der Waals surface area (Å²) in [6.07, 6.45) is -0.734. The molecule has 3 aromatic heterocycles. The zero-order chi connectivity index (χ0) is 24.3. The van der Waals surface area contributed by atoms with Crippen molar-refractivity contribution in [3.8, 4) is 0 Å². The number of rotatable bonds is 4. The summed E-state index contributed by atoms with van der Waals surface area (Å²) in [5.74, 6) is -1.77. The minimum atomic E-state index is -5.08. The number of carboxylic acids is 1. The molecule has 0 bridgehead atoms. The number of hydrogen-bond donors (Lipinski definition) is 3. The lowest BCUT2D eigenvalue weighted by molar-refractivity contribution is -0.192. The lowest BCUT2D eigenvalue weighted by Gasteiger charge is -2.18. The Balaban J connectivity index is 0.000000383. The second kappa shape index (κ2) is 9.48. The Morgan fingerprint density at radius 2 is 2.03 bits per heavy atom. The highest BCUT2D eigenvalue weighted by molar-refractivity contribution is 6.00. The van der Waals surface area contributed by atoms with E-state index in [1.807, 2.05) is 37.0 Å². The second-order valence-electron chi connectivity index (χ2n) is 7.60. The lowest BCUT2D eigenvalue weighted by atomic mass is 10.2. The summed E-state index contributed by atoms with van der Waals surface area (Å²) in [5, 5.41) is 18.9. The van der Waals surface area contributed by atoms with E-state index in [9.17, 15) is 18.0 Å². The molecule has 3 aromatic rings. The van der Waals surface area contributed by atoms with Crippen molar-refractivity contribution < 1.29 is 27.9 Å². The van der Waals surface area contributed by atoms with E-state index in [1.54, 1.807) is 10.7 Å². The van der Waals surface area contributed by atoms with E-state index in [0.717, 1.165) is 42.1 Å². The minimum absolute atomic E-state index is 0.0952. The molecule has 1 amide bonds. The monoisotopic (exact) mass is 467 g/mol. The number of nitrogens with zero attached hydrogens (tertiary/aromatic N) is 5. The average molecular weight is 467 g/mol. The van der Waals surface area contributed by atoms with E-state index in [2.05, 4.69) is 26.5 Å². The molecule has 1 aliphatic heterocycles. The predicted octanol–water partition coefficient (Wildman–Crippen LogP) is 1.48. The topological polar surface area (TPSA) is 131 Å². The molecule has 33 heavy (non-hydrogen) atoms. The standard InChI is InChI=1S/C18H23N7O.C2HF3O2/c1-12-7-17(23(2)22-12)24-5-4-14(11-24)21-18(26)15-10-20-25-6-3-13(9-19)8-16(15)25;3-2(4,5)1(6)7/h3,6-8,10,14H,4-5,9,11,19H2,1-2H3,(H,21,26);(H,6,7). The average Bonchev–Trinajstić information content (AvgIpc) is 3.45. The van der Waals surface area contributed by atoms with Gasteiger partial charge in [-0.25, -0.2) is 9.31 Å². The summed E-state index contributed by atoms with van der Waals surface area (Å²) in [6.45, 7) is 4.10. The van der Waals surface area contributed by atoms with Crippen molar-refractivity contribution in [3.05, 3.63) is 47.4 Å². The van der Waals surface area contributed by atoms with Crippen LogP contribution in [0.25, 0.3) is 5.52 Å². The van der Waals surface area contributed by atoms with E-state index in [-0.39, 0.29) is 11.9 Å². The number of nitrogens with two attached hydrogens (primary N) is 1. The SMILES string of the molecule is Cc1cc(N2CCC(NC(=O)c3cnn4ccc(CN)cc34)C2)n(C)n1.O=C(O)C(F)(F)F. The molecule has 4 N–H and O–H groups in total. The van der Waals surface area contributed by atoms with Crippen LogP contribution < -0.4 is 16.0 Å². The van der Waals surface area contributed by atoms with Crippen molar-refractivity contribution in [2.75, 3.05) is 18.0 Å². The Hall–Kier alpha value is -3.61. The maximum absolute atomic E-state index is 12.8. The molecule has 4 rings (SSSR count). The number of aromatic nitrogens is 4. The molecule has 0 saturated carbocycles. The van der Waals surface area contributed by atoms with Crippen LogP contribution in [-0.4, -0.2) is 61.7 Å². The van der Waals surface area contributed by atoms with Crippen LogP contribution in [0.5, 0.6) is 0 Å². The fourth-order valence-electron chi connectivity index (χ4n) is 3.57. The first-order chi connectivity index (χ1) is 15.5. The molecule has 1 unspecified atom stereocenters. The number of pyridine rings is 1. The Morgan fingerprint density at radius 3 is 2.61 bits per heavy atom. The van der Waals surface area contributed by atoms with Gasteiger partial charge in [0, 0.05) is 45.0 Å². The zero-order valence-electron chi connectivity index (χ0n) is 18.0. The molecule has 10 nitrogen and oxygen atoms in total. The van der Waals surface area contributed by atoms with Crippen LogP contribution in [-0.2, 0) is 18.4 Å². The molecule has 178 valence electrons. The molecule has 13 heteroatoms. The fourth-order valence-corrected chi connectivity index (χ4v) is 3.57. The Kier molecular flexibility index (Phi) is 6.91. The number of aryl methyl sites for hydroxylation is 2. The smallest absolute Gasteiger partial charge is 0.475 e. The third-order valence-corrected chi connectivity index (χ3v) is 5.13. The first-order valence-electron chi connectivity index (χ1n) is 10.0. The van der Waals surface area contributed by atoms with Gasteiger partial charge in [-0.2, -0.15) is 23.4 Å². The van der Waals surface area contributed by atoms with Crippen molar-refractivity contribution in [2.45, 2.75) is 32.1 Å². The zero-order valence-corrected chi connectivity index (χ0v) is 18.0. The van der Waals surface area contributed by atoms with E-state index >= 15 is 0 Å². The number of hydrogen-bond acceptors (Lipinski definition) is 6. The summed E-state index contributed by atoms with van der Waals surface area (Å²) in [5.41, 5.74) is 9.04. The largest absolute Gasteiger partial charge is 0.490 e.